The molecule has 1 aliphatic rings. The molecule has 0 saturated heterocycles. The van der Waals surface area contributed by atoms with Gasteiger partial charge in [-0.25, -0.2) is 0 Å². The van der Waals surface area contributed by atoms with Crippen molar-refractivity contribution < 1.29 is 30.6 Å². The summed E-state index contributed by atoms with van der Waals surface area (Å²) in [4.78, 5) is 0. The minimum Gasteiger partial charge on any atom is -0.396 e. The SMILES string of the molecule is OCC1(CO)CCCC(CO)(CO)C1(CO)CO. The maximum atomic E-state index is 9.73. The van der Waals surface area contributed by atoms with Gasteiger partial charge in [0.15, 0.2) is 0 Å². The first-order chi connectivity index (χ1) is 8.57. The molecule has 1 aliphatic carbocycles. The molecule has 1 fully saturated rings. The summed E-state index contributed by atoms with van der Waals surface area (Å²) in [5, 5.41) is 57.9. The highest BCUT2D eigenvalue weighted by atomic mass is 16.3. The number of hydrogen-bond acceptors (Lipinski definition) is 6. The Hall–Kier alpha value is -0.240. The van der Waals surface area contributed by atoms with E-state index in [4.69, 9.17) is 0 Å². The van der Waals surface area contributed by atoms with Crippen molar-refractivity contribution in [1.82, 2.24) is 0 Å². The fourth-order valence-electron chi connectivity index (χ4n) is 3.55. The topological polar surface area (TPSA) is 121 Å². The largest absolute Gasteiger partial charge is 0.396 e. The molecule has 1 saturated carbocycles. The maximum absolute atomic E-state index is 9.73. The lowest BCUT2D eigenvalue weighted by Gasteiger charge is -2.60. The molecule has 0 bridgehead atoms. The van der Waals surface area contributed by atoms with Crippen LogP contribution in [0.25, 0.3) is 0 Å². The van der Waals surface area contributed by atoms with Gasteiger partial charge >= 0.3 is 0 Å². The number of aliphatic hydroxyl groups is 6. The van der Waals surface area contributed by atoms with Gasteiger partial charge in [-0.15, -0.1) is 0 Å². The third kappa shape index (κ3) is 1.79. The highest BCUT2D eigenvalue weighted by molar-refractivity contribution is 5.10. The van der Waals surface area contributed by atoms with Crippen molar-refractivity contribution in [3.63, 3.8) is 0 Å². The van der Waals surface area contributed by atoms with Crippen LogP contribution in [0, 0.1) is 16.2 Å². The molecule has 0 aromatic rings. The van der Waals surface area contributed by atoms with Crippen molar-refractivity contribution in [2.75, 3.05) is 39.6 Å². The van der Waals surface area contributed by atoms with Crippen molar-refractivity contribution in [1.29, 1.82) is 0 Å². The van der Waals surface area contributed by atoms with Gasteiger partial charge in [-0.05, 0) is 12.8 Å². The third-order valence-corrected chi connectivity index (χ3v) is 5.09. The molecular weight excluding hydrogens is 240 g/mol. The predicted molar refractivity (Wildman–Crippen MR) is 63.7 cm³/mol. The molecule has 0 atom stereocenters. The normalized spacial score (nSPS) is 25.0. The molecule has 6 N–H and O–H groups in total. The van der Waals surface area contributed by atoms with E-state index in [-0.39, 0.29) is 0 Å². The Labute approximate surface area is 107 Å². The van der Waals surface area contributed by atoms with Gasteiger partial charge in [-0.3, -0.25) is 0 Å². The van der Waals surface area contributed by atoms with E-state index < -0.39 is 55.9 Å². The highest BCUT2D eigenvalue weighted by Crippen LogP contribution is 2.59. The molecule has 0 unspecified atom stereocenters. The van der Waals surface area contributed by atoms with Crippen molar-refractivity contribution in [3.8, 4) is 0 Å². The lowest BCUT2D eigenvalue weighted by Crippen LogP contribution is -2.66. The average Bonchev–Trinajstić information content (AvgIpc) is 2.45. The Balaban J connectivity index is 3.37. The first-order valence-electron chi connectivity index (χ1n) is 6.23. The summed E-state index contributed by atoms with van der Waals surface area (Å²) < 4.78 is 0. The summed E-state index contributed by atoms with van der Waals surface area (Å²) >= 11 is 0. The molecule has 0 radical (unpaired) electrons. The molecule has 6 nitrogen and oxygen atoms in total. The Morgan fingerprint density at radius 3 is 1.11 bits per heavy atom. The number of aliphatic hydroxyl groups excluding tert-OH is 6. The highest BCUT2D eigenvalue weighted by Gasteiger charge is 2.63. The molecule has 0 aromatic heterocycles. The van der Waals surface area contributed by atoms with Crippen LogP contribution in [-0.4, -0.2) is 70.3 Å². The van der Waals surface area contributed by atoms with Gasteiger partial charge in [0.25, 0.3) is 0 Å². The Bertz CT molecular complexity index is 233. The Morgan fingerprint density at radius 2 is 0.889 bits per heavy atom. The molecule has 0 heterocycles. The third-order valence-electron chi connectivity index (χ3n) is 5.09. The molecule has 6 heteroatoms. The molecule has 108 valence electrons. The molecule has 0 aliphatic heterocycles. The van der Waals surface area contributed by atoms with Gasteiger partial charge in [0.2, 0.25) is 0 Å². The van der Waals surface area contributed by atoms with Crippen LogP contribution in [0.2, 0.25) is 0 Å². The second kappa shape index (κ2) is 5.81. The molecule has 0 amide bonds. The van der Waals surface area contributed by atoms with Crippen molar-refractivity contribution in [3.05, 3.63) is 0 Å². The lowest BCUT2D eigenvalue weighted by molar-refractivity contribution is -0.232. The van der Waals surface area contributed by atoms with E-state index in [1.54, 1.807) is 0 Å². The van der Waals surface area contributed by atoms with E-state index in [0.717, 1.165) is 0 Å². The van der Waals surface area contributed by atoms with E-state index in [2.05, 4.69) is 0 Å². The Morgan fingerprint density at radius 1 is 0.556 bits per heavy atom. The van der Waals surface area contributed by atoms with Crippen LogP contribution < -0.4 is 0 Å². The molecule has 0 aromatic carbocycles. The summed E-state index contributed by atoms with van der Waals surface area (Å²) in [6.45, 7) is -2.66. The van der Waals surface area contributed by atoms with Crippen molar-refractivity contribution >= 4 is 0 Å². The van der Waals surface area contributed by atoms with Crippen LogP contribution >= 0.6 is 0 Å². The lowest BCUT2D eigenvalue weighted by atomic mass is 9.46. The first kappa shape index (κ1) is 15.8. The van der Waals surface area contributed by atoms with Crippen LogP contribution in [0.1, 0.15) is 19.3 Å². The predicted octanol–water partition coefficient (Wildman–Crippen LogP) is -1.92. The van der Waals surface area contributed by atoms with E-state index in [9.17, 15) is 30.6 Å². The molecule has 0 spiro atoms. The zero-order chi connectivity index (χ0) is 13.9. The second-order valence-corrected chi connectivity index (χ2v) is 5.45. The molecule has 18 heavy (non-hydrogen) atoms. The van der Waals surface area contributed by atoms with Crippen LogP contribution in [-0.2, 0) is 0 Å². The summed E-state index contributed by atoms with van der Waals surface area (Å²) in [5.41, 5.74) is -3.49. The summed E-state index contributed by atoms with van der Waals surface area (Å²) in [6, 6.07) is 0. The van der Waals surface area contributed by atoms with Gasteiger partial charge in [-0.2, -0.15) is 0 Å². The van der Waals surface area contributed by atoms with E-state index in [1.165, 1.54) is 0 Å². The number of rotatable bonds is 6. The van der Waals surface area contributed by atoms with Gasteiger partial charge < -0.3 is 30.6 Å². The van der Waals surface area contributed by atoms with Gasteiger partial charge in [-0.1, -0.05) is 6.42 Å². The fourth-order valence-corrected chi connectivity index (χ4v) is 3.55. The van der Waals surface area contributed by atoms with Crippen LogP contribution in [0.3, 0.4) is 0 Å². The minimum absolute atomic E-state index is 0.410. The van der Waals surface area contributed by atoms with E-state index >= 15 is 0 Å². The summed E-state index contributed by atoms with van der Waals surface area (Å²) in [5.74, 6) is 0. The fraction of sp³-hybridized carbons (Fsp3) is 1.00. The summed E-state index contributed by atoms with van der Waals surface area (Å²) in [6.07, 6.45) is 1.47. The zero-order valence-electron chi connectivity index (χ0n) is 10.5. The van der Waals surface area contributed by atoms with Crippen molar-refractivity contribution in [2.24, 2.45) is 16.2 Å². The van der Waals surface area contributed by atoms with Gasteiger partial charge in [0, 0.05) is 16.2 Å². The smallest absolute Gasteiger partial charge is 0.0523 e. The average molecular weight is 264 g/mol. The van der Waals surface area contributed by atoms with Crippen molar-refractivity contribution in [2.45, 2.75) is 19.3 Å². The zero-order valence-corrected chi connectivity index (χ0v) is 10.5. The standard InChI is InChI=1S/C12H24O6/c13-4-10(5-14)2-1-3-11(6-15,7-16)12(10,8-17)9-18/h13-18H,1-9H2. The van der Waals surface area contributed by atoms with Gasteiger partial charge in [0.1, 0.15) is 0 Å². The van der Waals surface area contributed by atoms with E-state index in [1.807, 2.05) is 0 Å². The van der Waals surface area contributed by atoms with Crippen LogP contribution in [0.4, 0.5) is 0 Å². The minimum atomic E-state index is -1.30. The maximum Gasteiger partial charge on any atom is 0.0523 e. The second-order valence-electron chi connectivity index (χ2n) is 5.45. The number of hydrogen-bond donors (Lipinski definition) is 6. The Kier molecular flexibility index (Phi) is 5.11. The van der Waals surface area contributed by atoms with Gasteiger partial charge in [0.05, 0.1) is 39.6 Å². The van der Waals surface area contributed by atoms with E-state index in [0.29, 0.717) is 19.3 Å². The monoisotopic (exact) mass is 264 g/mol. The van der Waals surface area contributed by atoms with Crippen LogP contribution in [0.15, 0.2) is 0 Å². The molecular formula is C12H24O6. The van der Waals surface area contributed by atoms with Crippen LogP contribution in [0.5, 0.6) is 0 Å². The summed E-state index contributed by atoms with van der Waals surface area (Å²) in [7, 11) is 0. The quantitative estimate of drug-likeness (QED) is 0.333. The molecule has 1 rings (SSSR count). The first-order valence-corrected chi connectivity index (χ1v) is 6.23.